The lowest BCUT2D eigenvalue weighted by Crippen LogP contribution is -2.45. The van der Waals surface area contributed by atoms with E-state index in [-0.39, 0.29) is 41.9 Å². The molecule has 2 heterocycles. The van der Waals surface area contributed by atoms with Gasteiger partial charge in [-0.05, 0) is 32.2 Å². The Labute approximate surface area is 134 Å². The zero-order chi connectivity index (χ0) is 14.6. The van der Waals surface area contributed by atoms with Crippen LogP contribution in [0, 0.1) is 0 Å². The number of carbonyl (C=O) groups is 1. The molecule has 2 aliphatic heterocycles. The van der Waals surface area contributed by atoms with Gasteiger partial charge in [-0.15, -0.1) is 12.4 Å². The molecule has 0 aromatic carbocycles. The summed E-state index contributed by atoms with van der Waals surface area (Å²) in [5, 5.41) is 3.32. The van der Waals surface area contributed by atoms with E-state index < -0.39 is 9.84 Å². The van der Waals surface area contributed by atoms with Crippen LogP contribution in [0.3, 0.4) is 0 Å². The van der Waals surface area contributed by atoms with E-state index in [2.05, 4.69) is 5.32 Å². The Morgan fingerprint density at radius 2 is 1.90 bits per heavy atom. The van der Waals surface area contributed by atoms with Crippen molar-refractivity contribution in [3.63, 3.8) is 0 Å². The van der Waals surface area contributed by atoms with Crippen LogP contribution in [0.15, 0.2) is 0 Å². The molecule has 124 valence electrons. The number of halogens is 1. The van der Waals surface area contributed by atoms with Crippen molar-refractivity contribution in [2.24, 2.45) is 0 Å². The summed E-state index contributed by atoms with van der Waals surface area (Å²) < 4.78 is 24.0. The molecule has 0 radical (unpaired) electrons. The second kappa shape index (κ2) is 8.34. The van der Waals surface area contributed by atoms with Crippen LogP contribution in [0.2, 0.25) is 0 Å². The van der Waals surface area contributed by atoms with E-state index in [1.54, 1.807) is 0 Å². The first-order valence-corrected chi connectivity index (χ1v) is 9.58. The molecule has 7 heteroatoms. The number of unbranched alkanes of at least 4 members (excludes halogenated alkanes) is 2. The lowest BCUT2D eigenvalue weighted by atomic mass is 10.1. The summed E-state index contributed by atoms with van der Waals surface area (Å²) in [7, 11) is -3.24. The summed E-state index contributed by atoms with van der Waals surface area (Å²) in [6.07, 6.45) is 5.53. The number of sulfone groups is 1. The molecule has 0 spiro atoms. The molecular weight excluding hydrogens is 312 g/mol. The third-order valence-corrected chi connectivity index (χ3v) is 5.94. The van der Waals surface area contributed by atoms with Crippen molar-refractivity contribution in [2.45, 2.75) is 57.5 Å². The molecule has 1 amide bonds. The second-order valence-electron chi connectivity index (χ2n) is 5.98. The summed E-state index contributed by atoms with van der Waals surface area (Å²) in [5.41, 5.74) is 0. The first-order valence-electron chi connectivity index (χ1n) is 7.76. The van der Waals surface area contributed by atoms with Gasteiger partial charge in [0.2, 0.25) is 5.91 Å². The molecule has 2 rings (SSSR count). The Balaban J connectivity index is 0.00000220. The number of fused-ring (bicyclic) bond motifs is 2. The van der Waals surface area contributed by atoms with Crippen LogP contribution in [0.5, 0.6) is 0 Å². The van der Waals surface area contributed by atoms with Crippen LogP contribution in [0.4, 0.5) is 0 Å². The Bertz CT molecular complexity index is 428. The van der Waals surface area contributed by atoms with E-state index in [4.69, 9.17) is 0 Å². The molecule has 2 atom stereocenters. The van der Waals surface area contributed by atoms with Crippen molar-refractivity contribution in [3.05, 3.63) is 0 Å². The molecule has 0 saturated carbocycles. The number of rotatable bonds is 6. The fourth-order valence-electron chi connectivity index (χ4n) is 3.30. The maximum atomic E-state index is 12.4. The highest BCUT2D eigenvalue weighted by Gasteiger charge is 2.38. The van der Waals surface area contributed by atoms with E-state index >= 15 is 0 Å². The molecular formula is C14H27ClN2O3S. The molecule has 2 unspecified atom stereocenters. The van der Waals surface area contributed by atoms with Crippen LogP contribution in [0.25, 0.3) is 0 Å². The Morgan fingerprint density at radius 1 is 1.19 bits per heavy atom. The standard InChI is InChI=1S/C14H26N2O3S.ClH/c1-2-3-4-9-20(18,19)11-14(17)16-12-5-6-13(16)10-15-8-7-12;/h12-13,15H,2-11H2,1H3;1H. The van der Waals surface area contributed by atoms with E-state index in [9.17, 15) is 13.2 Å². The van der Waals surface area contributed by atoms with Crippen molar-refractivity contribution in [2.75, 3.05) is 24.6 Å². The third kappa shape index (κ3) is 5.11. The van der Waals surface area contributed by atoms with E-state index in [1.807, 2.05) is 11.8 Å². The van der Waals surface area contributed by atoms with Crippen molar-refractivity contribution in [3.8, 4) is 0 Å². The predicted molar refractivity (Wildman–Crippen MR) is 86.6 cm³/mol. The number of hydrogen-bond acceptors (Lipinski definition) is 4. The largest absolute Gasteiger partial charge is 0.335 e. The molecule has 5 nitrogen and oxygen atoms in total. The number of amides is 1. The van der Waals surface area contributed by atoms with Crippen molar-refractivity contribution >= 4 is 28.2 Å². The second-order valence-corrected chi connectivity index (χ2v) is 8.16. The first-order chi connectivity index (χ1) is 9.53. The van der Waals surface area contributed by atoms with Crippen LogP contribution < -0.4 is 5.32 Å². The zero-order valence-electron chi connectivity index (χ0n) is 12.7. The smallest absolute Gasteiger partial charge is 0.238 e. The Hall–Kier alpha value is -0.330. The maximum absolute atomic E-state index is 12.4. The van der Waals surface area contributed by atoms with Gasteiger partial charge in [0.05, 0.1) is 5.75 Å². The van der Waals surface area contributed by atoms with Crippen LogP contribution in [-0.2, 0) is 14.6 Å². The van der Waals surface area contributed by atoms with Crippen LogP contribution in [-0.4, -0.2) is 55.9 Å². The molecule has 0 aromatic heterocycles. The van der Waals surface area contributed by atoms with Crippen molar-refractivity contribution in [1.29, 1.82) is 0 Å². The van der Waals surface area contributed by atoms with Gasteiger partial charge in [-0.3, -0.25) is 4.79 Å². The third-order valence-electron chi connectivity index (χ3n) is 4.34. The highest BCUT2D eigenvalue weighted by molar-refractivity contribution is 7.92. The number of carbonyl (C=O) groups excluding carboxylic acids is 1. The minimum atomic E-state index is -3.24. The Morgan fingerprint density at radius 3 is 2.62 bits per heavy atom. The normalized spacial score (nSPS) is 25.3. The van der Waals surface area contributed by atoms with Gasteiger partial charge < -0.3 is 10.2 Å². The van der Waals surface area contributed by atoms with E-state index in [0.717, 1.165) is 45.2 Å². The summed E-state index contributed by atoms with van der Waals surface area (Å²) >= 11 is 0. The quantitative estimate of drug-likeness (QED) is 0.743. The number of nitrogens with one attached hydrogen (secondary N) is 1. The highest BCUT2D eigenvalue weighted by atomic mass is 35.5. The lowest BCUT2D eigenvalue weighted by molar-refractivity contribution is -0.130. The predicted octanol–water partition coefficient (Wildman–Crippen LogP) is 1.37. The van der Waals surface area contributed by atoms with Crippen molar-refractivity contribution in [1.82, 2.24) is 10.2 Å². The minimum Gasteiger partial charge on any atom is -0.335 e. The van der Waals surface area contributed by atoms with Gasteiger partial charge >= 0.3 is 0 Å². The Kier molecular flexibility index (Phi) is 7.44. The number of hydrogen-bond donors (Lipinski definition) is 1. The molecule has 0 aromatic rings. The molecule has 1 N–H and O–H groups in total. The summed E-state index contributed by atoms with van der Waals surface area (Å²) in [4.78, 5) is 14.2. The van der Waals surface area contributed by atoms with Gasteiger partial charge in [0, 0.05) is 18.6 Å². The molecule has 2 aliphatic rings. The topological polar surface area (TPSA) is 66.5 Å². The fraction of sp³-hybridized carbons (Fsp3) is 0.929. The minimum absolute atomic E-state index is 0. The van der Waals surface area contributed by atoms with Gasteiger partial charge in [0.1, 0.15) is 5.75 Å². The van der Waals surface area contributed by atoms with Gasteiger partial charge in [-0.2, -0.15) is 0 Å². The van der Waals surface area contributed by atoms with E-state index in [1.165, 1.54) is 0 Å². The van der Waals surface area contributed by atoms with Gasteiger partial charge in [-0.1, -0.05) is 19.8 Å². The highest BCUT2D eigenvalue weighted by Crippen LogP contribution is 2.28. The monoisotopic (exact) mass is 338 g/mol. The summed E-state index contributed by atoms with van der Waals surface area (Å²) in [5.74, 6) is -0.338. The van der Waals surface area contributed by atoms with Crippen molar-refractivity contribution < 1.29 is 13.2 Å². The van der Waals surface area contributed by atoms with E-state index in [0.29, 0.717) is 6.42 Å². The molecule has 0 aliphatic carbocycles. The molecule has 2 saturated heterocycles. The number of nitrogens with zero attached hydrogens (tertiary/aromatic N) is 1. The average Bonchev–Trinajstić information content (AvgIpc) is 2.62. The maximum Gasteiger partial charge on any atom is 0.238 e. The van der Waals surface area contributed by atoms with Crippen LogP contribution in [0.1, 0.15) is 45.4 Å². The summed E-state index contributed by atoms with van der Waals surface area (Å²) in [6, 6.07) is 0.439. The van der Waals surface area contributed by atoms with Gasteiger partial charge in [0.25, 0.3) is 0 Å². The lowest BCUT2D eigenvalue weighted by Gasteiger charge is -2.27. The summed E-state index contributed by atoms with van der Waals surface area (Å²) in [6.45, 7) is 3.77. The fourth-order valence-corrected chi connectivity index (χ4v) is 4.61. The SMILES string of the molecule is CCCCCS(=O)(=O)CC(=O)N1C2CCNCC1CC2.Cl. The van der Waals surface area contributed by atoms with Gasteiger partial charge in [0.15, 0.2) is 9.84 Å². The molecule has 21 heavy (non-hydrogen) atoms. The average molecular weight is 339 g/mol. The first kappa shape index (κ1) is 18.7. The molecule has 2 fully saturated rings. The van der Waals surface area contributed by atoms with Gasteiger partial charge in [-0.25, -0.2) is 8.42 Å². The zero-order valence-corrected chi connectivity index (χ0v) is 14.3. The van der Waals surface area contributed by atoms with Crippen LogP contribution >= 0.6 is 12.4 Å². The molecule has 2 bridgehead atoms.